The largest absolute Gasteiger partial charge is 0.467 e. The summed E-state index contributed by atoms with van der Waals surface area (Å²) in [7, 11) is 1.36. The molecule has 0 amide bonds. The summed E-state index contributed by atoms with van der Waals surface area (Å²) in [6.07, 6.45) is 2.84. The van der Waals surface area contributed by atoms with Gasteiger partial charge in [-0.15, -0.1) is 5.10 Å². The SMILES string of the molecule is CCCC[C@@H](C(=O)OC)n1nnnc1[C@@H](CC(=O)OCc1ccccc1)Cc1cccc2ccccc12. The molecule has 37 heavy (non-hydrogen) atoms. The molecule has 0 radical (unpaired) electrons. The first-order valence-electron chi connectivity index (χ1n) is 12.6. The zero-order chi connectivity index (χ0) is 26.0. The van der Waals surface area contributed by atoms with Gasteiger partial charge in [0.15, 0.2) is 11.9 Å². The highest BCUT2D eigenvalue weighted by Gasteiger charge is 2.31. The van der Waals surface area contributed by atoms with E-state index in [1.165, 1.54) is 11.8 Å². The molecule has 0 saturated carbocycles. The minimum atomic E-state index is -0.662. The Balaban J connectivity index is 1.65. The maximum atomic E-state index is 13.0. The zero-order valence-electron chi connectivity index (χ0n) is 21.2. The topological polar surface area (TPSA) is 96.2 Å². The van der Waals surface area contributed by atoms with E-state index in [0.717, 1.165) is 34.7 Å². The van der Waals surface area contributed by atoms with Crippen LogP contribution < -0.4 is 0 Å². The molecular formula is C29H32N4O4. The molecule has 8 heteroatoms. The molecule has 3 aromatic carbocycles. The van der Waals surface area contributed by atoms with Crippen LogP contribution in [0, 0.1) is 0 Å². The van der Waals surface area contributed by atoms with Crippen LogP contribution in [-0.4, -0.2) is 39.3 Å². The van der Waals surface area contributed by atoms with E-state index in [4.69, 9.17) is 9.47 Å². The molecule has 0 unspecified atom stereocenters. The van der Waals surface area contributed by atoms with Crippen molar-refractivity contribution in [2.45, 2.75) is 57.6 Å². The van der Waals surface area contributed by atoms with Crippen molar-refractivity contribution in [1.82, 2.24) is 20.2 Å². The van der Waals surface area contributed by atoms with Crippen LogP contribution >= 0.6 is 0 Å². The summed E-state index contributed by atoms with van der Waals surface area (Å²) in [5.41, 5.74) is 1.98. The van der Waals surface area contributed by atoms with Gasteiger partial charge in [0.1, 0.15) is 6.61 Å². The lowest BCUT2D eigenvalue weighted by molar-refractivity contribution is -0.145. The number of hydrogen-bond donors (Lipinski definition) is 0. The van der Waals surface area contributed by atoms with Gasteiger partial charge < -0.3 is 9.47 Å². The van der Waals surface area contributed by atoms with Crippen LogP contribution in [0.15, 0.2) is 72.8 Å². The second kappa shape index (κ2) is 12.8. The van der Waals surface area contributed by atoms with E-state index in [1.807, 2.05) is 54.6 Å². The highest BCUT2D eigenvalue weighted by atomic mass is 16.5. The molecule has 0 bridgehead atoms. The third-order valence-corrected chi connectivity index (χ3v) is 6.48. The monoisotopic (exact) mass is 500 g/mol. The van der Waals surface area contributed by atoms with E-state index in [9.17, 15) is 9.59 Å². The van der Waals surface area contributed by atoms with Crippen LogP contribution in [0.1, 0.15) is 61.5 Å². The van der Waals surface area contributed by atoms with Crippen molar-refractivity contribution >= 4 is 22.7 Å². The summed E-state index contributed by atoms with van der Waals surface area (Å²) < 4.78 is 12.2. The van der Waals surface area contributed by atoms with Gasteiger partial charge in [0.25, 0.3) is 0 Å². The molecule has 0 N–H and O–H groups in total. The second-order valence-electron chi connectivity index (χ2n) is 9.05. The number of aromatic nitrogens is 4. The number of unbranched alkanes of at least 4 members (excludes halogenated alkanes) is 1. The van der Waals surface area contributed by atoms with Crippen molar-refractivity contribution in [2.24, 2.45) is 0 Å². The summed E-state index contributed by atoms with van der Waals surface area (Å²) >= 11 is 0. The molecule has 0 aliphatic heterocycles. The van der Waals surface area contributed by atoms with Gasteiger partial charge in [0.2, 0.25) is 0 Å². The van der Waals surface area contributed by atoms with Crippen molar-refractivity contribution in [3.8, 4) is 0 Å². The zero-order valence-corrected chi connectivity index (χ0v) is 21.2. The molecule has 0 spiro atoms. The Hall–Kier alpha value is -4.07. The Labute approximate surface area is 216 Å². The van der Waals surface area contributed by atoms with Crippen LogP contribution in [-0.2, 0) is 32.1 Å². The number of benzene rings is 3. The molecule has 8 nitrogen and oxygen atoms in total. The second-order valence-corrected chi connectivity index (χ2v) is 9.05. The Morgan fingerprint density at radius 3 is 2.51 bits per heavy atom. The van der Waals surface area contributed by atoms with Gasteiger partial charge in [-0.1, -0.05) is 92.6 Å². The third-order valence-electron chi connectivity index (χ3n) is 6.48. The number of methoxy groups -OCH3 is 1. The Morgan fingerprint density at radius 1 is 0.973 bits per heavy atom. The van der Waals surface area contributed by atoms with Crippen molar-refractivity contribution in [2.75, 3.05) is 7.11 Å². The van der Waals surface area contributed by atoms with Crippen molar-refractivity contribution in [1.29, 1.82) is 0 Å². The van der Waals surface area contributed by atoms with E-state index in [2.05, 4.69) is 40.6 Å². The molecule has 0 aliphatic carbocycles. The summed E-state index contributed by atoms with van der Waals surface area (Å²) in [5.74, 6) is -0.696. The third kappa shape index (κ3) is 6.58. The van der Waals surface area contributed by atoms with E-state index < -0.39 is 17.9 Å². The van der Waals surface area contributed by atoms with Crippen LogP contribution in [0.2, 0.25) is 0 Å². The lowest BCUT2D eigenvalue weighted by Crippen LogP contribution is -2.26. The van der Waals surface area contributed by atoms with Gasteiger partial charge in [0.05, 0.1) is 13.5 Å². The molecular weight excluding hydrogens is 468 g/mol. The van der Waals surface area contributed by atoms with E-state index in [1.54, 1.807) is 0 Å². The molecule has 4 aromatic rings. The lowest BCUT2D eigenvalue weighted by atomic mass is 9.91. The normalized spacial score (nSPS) is 12.7. The van der Waals surface area contributed by atoms with Crippen LogP contribution in [0.25, 0.3) is 10.8 Å². The van der Waals surface area contributed by atoms with Crippen molar-refractivity contribution in [3.63, 3.8) is 0 Å². The van der Waals surface area contributed by atoms with Gasteiger partial charge in [-0.3, -0.25) is 4.79 Å². The highest BCUT2D eigenvalue weighted by Crippen LogP contribution is 2.30. The number of esters is 2. The molecule has 0 fully saturated rings. The molecule has 1 heterocycles. The van der Waals surface area contributed by atoms with Gasteiger partial charge in [0, 0.05) is 5.92 Å². The van der Waals surface area contributed by atoms with Gasteiger partial charge in [-0.05, 0) is 45.2 Å². The molecule has 0 saturated heterocycles. The number of fused-ring (bicyclic) bond motifs is 1. The Morgan fingerprint density at radius 2 is 1.73 bits per heavy atom. The van der Waals surface area contributed by atoms with E-state index in [-0.39, 0.29) is 19.0 Å². The average molecular weight is 501 g/mol. The number of nitrogens with zero attached hydrogens (tertiary/aromatic N) is 4. The minimum absolute atomic E-state index is 0.0676. The fraction of sp³-hybridized carbons (Fsp3) is 0.345. The molecule has 4 rings (SSSR count). The molecule has 192 valence electrons. The summed E-state index contributed by atoms with van der Waals surface area (Å²) in [6.45, 7) is 2.24. The first-order valence-corrected chi connectivity index (χ1v) is 12.6. The smallest absolute Gasteiger partial charge is 0.330 e. The Kier molecular flexibility index (Phi) is 8.97. The van der Waals surface area contributed by atoms with Gasteiger partial charge in [-0.2, -0.15) is 0 Å². The van der Waals surface area contributed by atoms with Crippen LogP contribution in [0.4, 0.5) is 0 Å². The van der Waals surface area contributed by atoms with E-state index in [0.29, 0.717) is 18.7 Å². The summed E-state index contributed by atoms with van der Waals surface area (Å²) in [4.78, 5) is 25.7. The highest BCUT2D eigenvalue weighted by molar-refractivity contribution is 5.85. The summed E-state index contributed by atoms with van der Waals surface area (Å²) in [5, 5.41) is 14.6. The standard InChI is InChI=1S/C29H32N4O4/c1-3-4-17-26(29(35)36-2)33-28(30-31-32-33)24(19-27(34)37-20-21-11-6-5-7-12-21)18-23-15-10-14-22-13-8-9-16-25(22)23/h5-16,24,26H,3-4,17-20H2,1-2H3/t24-,26+/m1/s1. The average Bonchev–Trinajstić information content (AvgIpc) is 3.42. The predicted octanol–water partition coefficient (Wildman–Crippen LogP) is 5.19. The number of carbonyl (C=O) groups excluding carboxylic acids is 2. The minimum Gasteiger partial charge on any atom is -0.467 e. The quantitative estimate of drug-likeness (QED) is 0.247. The molecule has 0 aliphatic rings. The number of ether oxygens (including phenoxy) is 2. The summed E-state index contributed by atoms with van der Waals surface area (Å²) in [6, 6.07) is 23.1. The van der Waals surface area contributed by atoms with Crippen molar-refractivity contribution in [3.05, 3.63) is 89.7 Å². The lowest BCUT2D eigenvalue weighted by Gasteiger charge is -2.21. The molecule has 1 aromatic heterocycles. The molecule has 2 atom stereocenters. The van der Waals surface area contributed by atoms with Crippen LogP contribution in [0.5, 0.6) is 0 Å². The fourth-order valence-electron chi connectivity index (χ4n) is 4.55. The van der Waals surface area contributed by atoms with Gasteiger partial charge in [-0.25, -0.2) is 9.48 Å². The fourth-order valence-corrected chi connectivity index (χ4v) is 4.55. The maximum Gasteiger partial charge on any atom is 0.330 e. The number of hydrogen-bond acceptors (Lipinski definition) is 7. The van der Waals surface area contributed by atoms with Crippen molar-refractivity contribution < 1.29 is 19.1 Å². The Bertz CT molecular complexity index is 1320. The first kappa shape index (κ1) is 26.0. The first-order chi connectivity index (χ1) is 18.1. The van der Waals surface area contributed by atoms with Gasteiger partial charge >= 0.3 is 11.9 Å². The number of tetrazole rings is 1. The number of rotatable bonds is 12. The van der Waals surface area contributed by atoms with E-state index >= 15 is 0 Å². The maximum absolute atomic E-state index is 13.0. The number of carbonyl (C=O) groups is 2. The van der Waals surface area contributed by atoms with Crippen LogP contribution in [0.3, 0.4) is 0 Å². The predicted molar refractivity (Wildman–Crippen MR) is 140 cm³/mol.